The van der Waals surface area contributed by atoms with Crippen LogP contribution in [0.5, 0.6) is 0 Å². The Kier molecular flexibility index (Phi) is 5.56. The molecule has 0 bridgehead atoms. The zero-order chi connectivity index (χ0) is 23.8. The molecule has 3 aromatic carbocycles. The first kappa shape index (κ1) is 22.0. The number of fused-ring (bicyclic) bond motifs is 1. The minimum absolute atomic E-state index is 0.00502. The number of nitro groups is 1. The quantitative estimate of drug-likeness (QED) is 0.323. The van der Waals surface area contributed by atoms with Gasteiger partial charge in [0.25, 0.3) is 5.69 Å². The van der Waals surface area contributed by atoms with Crippen LogP contribution in [0.3, 0.4) is 0 Å². The lowest BCUT2D eigenvalue weighted by atomic mass is 10.1. The van der Waals surface area contributed by atoms with Gasteiger partial charge < -0.3 is 16.4 Å². The molecule has 33 heavy (non-hydrogen) atoms. The lowest BCUT2D eigenvalue weighted by Gasteiger charge is -2.20. The van der Waals surface area contributed by atoms with Crippen LogP contribution in [0.4, 0.5) is 23.1 Å². The Morgan fingerprint density at radius 1 is 0.939 bits per heavy atom. The highest BCUT2D eigenvalue weighted by Gasteiger charge is 2.19. The Hall–Kier alpha value is -4.25. The molecule has 0 aliphatic heterocycles. The standard InChI is InChI=1S/C22H20N6O4S/c1-27(16-6-11-20-19(12-16)21(23)26-22(24)25-20)13-14-2-7-17(8-3-14)33(31,32)18-9-4-15(5-10-18)28(29)30/h2-12H,13H2,1H3,(H4,23,24,25,26). The van der Waals surface area contributed by atoms with E-state index in [0.717, 1.165) is 11.3 Å². The van der Waals surface area contributed by atoms with Crippen LogP contribution in [0, 0.1) is 10.1 Å². The van der Waals surface area contributed by atoms with E-state index in [1.54, 1.807) is 12.1 Å². The van der Waals surface area contributed by atoms with Gasteiger partial charge in [-0.25, -0.2) is 13.4 Å². The van der Waals surface area contributed by atoms with Gasteiger partial charge in [-0.1, -0.05) is 12.1 Å². The molecule has 1 aromatic heterocycles. The first-order valence-corrected chi connectivity index (χ1v) is 11.3. The number of nitrogens with zero attached hydrogens (tertiary/aromatic N) is 4. The van der Waals surface area contributed by atoms with E-state index >= 15 is 0 Å². The van der Waals surface area contributed by atoms with Gasteiger partial charge in [0.05, 0.1) is 20.2 Å². The van der Waals surface area contributed by atoms with Gasteiger partial charge in [-0.15, -0.1) is 0 Å². The van der Waals surface area contributed by atoms with E-state index in [0.29, 0.717) is 23.3 Å². The molecular weight excluding hydrogens is 444 g/mol. The summed E-state index contributed by atoms with van der Waals surface area (Å²) in [6.45, 7) is 0.513. The molecule has 0 aliphatic carbocycles. The number of nitrogen functional groups attached to an aromatic ring is 2. The van der Waals surface area contributed by atoms with Gasteiger partial charge in [0.1, 0.15) is 5.82 Å². The average molecular weight is 465 g/mol. The van der Waals surface area contributed by atoms with Crippen molar-refractivity contribution in [3.8, 4) is 0 Å². The number of nitrogens with two attached hydrogens (primary N) is 2. The minimum atomic E-state index is -3.79. The predicted octanol–water partition coefficient (Wildman–Crippen LogP) is 3.17. The number of hydrogen-bond donors (Lipinski definition) is 2. The third-order valence-electron chi connectivity index (χ3n) is 5.18. The maximum Gasteiger partial charge on any atom is 0.269 e. The summed E-state index contributed by atoms with van der Waals surface area (Å²) in [4.78, 5) is 20.5. The number of nitro benzene ring substituents is 1. The number of anilines is 3. The fourth-order valence-electron chi connectivity index (χ4n) is 3.42. The summed E-state index contributed by atoms with van der Waals surface area (Å²) in [5.74, 6) is 0.415. The molecule has 0 spiro atoms. The summed E-state index contributed by atoms with van der Waals surface area (Å²) in [5, 5.41) is 11.5. The fraction of sp³-hybridized carbons (Fsp3) is 0.0909. The van der Waals surface area contributed by atoms with Gasteiger partial charge in [0.15, 0.2) is 0 Å². The van der Waals surface area contributed by atoms with Crippen molar-refractivity contribution in [2.75, 3.05) is 23.4 Å². The molecule has 0 radical (unpaired) electrons. The highest BCUT2D eigenvalue weighted by molar-refractivity contribution is 7.91. The van der Waals surface area contributed by atoms with Gasteiger partial charge in [-0.3, -0.25) is 10.1 Å². The summed E-state index contributed by atoms with van der Waals surface area (Å²) < 4.78 is 25.7. The van der Waals surface area contributed by atoms with Crippen molar-refractivity contribution in [3.63, 3.8) is 0 Å². The number of non-ortho nitro benzene ring substituents is 1. The first-order valence-electron chi connectivity index (χ1n) is 9.77. The van der Waals surface area contributed by atoms with Gasteiger partial charge in [-0.05, 0) is 48.0 Å². The summed E-state index contributed by atoms with van der Waals surface area (Å²) in [6, 6.07) is 16.9. The van der Waals surface area contributed by atoms with Crippen molar-refractivity contribution in [3.05, 3.63) is 82.4 Å². The van der Waals surface area contributed by atoms with E-state index in [-0.39, 0.29) is 21.4 Å². The maximum atomic E-state index is 12.8. The molecule has 0 saturated heterocycles. The monoisotopic (exact) mass is 464 g/mol. The Balaban J connectivity index is 1.53. The molecule has 4 aromatic rings. The lowest BCUT2D eigenvalue weighted by Crippen LogP contribution is -2.16. The number of hydrogen-bond acceptors (Lipinski definition) is 9. The van der Waals surface area contributed by atoms with Gasteiger partial charge >= 0.3 is 0 Å². The molecule has 10 nitrogen and oxygen atoms in total. The van der Waals surface area contributed by atoms with Crippen LogP contribution in [-0.4, -0.2) is 30.4 Å². The molecule has 0 unspecified atom stereocenters. The largest absolute Gasteiger partial charge is 0.383 e. The second kappa shape index (κ2) is 8.36. The maximum absolute atomic E-state index is 12.8. The Bertz CT molecular complexity index is 1460. The van der Waals surface area contributed by atoms with Crippen LogP contribution in [0.2, 0.25) is 0 Å². The average Bonchev–Trinajstić information content (AvgIpc) is 2.79. The SMILES string of the molecule is CN(Cc1ccc(S(=O)(=O)c2ccc([N+](=O)[O-])cc2)cc1)c1ccc2nc(N)nc(N)c2c1. The number of rotatable bonds is 6. The summed E-state index contributed by atoms with van der Waals surface area (Å²) >= 11 is 0. The summed E-state index contributed by atoms with van der Waals surface area (Å²) in [6.07, 6.45) is 0. The first-order chi connectivity index (χ1) is 15.6. The Morgan fingerprint density at radius 2 is 1.55 bits per heavy atom. The van der Waals surface area contributed by atoms with E-state index < -0.39 is 14.8 Å². The van der Waals surface area contributed by atoms with Crippen LogP contribution in [0.25, 0.3) is 10.9 Å². The third-order valence-corrected chi connectivity index (χ3v) is 6.96. The molecule has 0 fully saturated rings. The van der Waals surface area contributed by atoms with Crippen LogP contribution in [0.15, 0.2) is 76.5 Å². The van der Waals surface area contributed by atoms with Crippen LogP contribution in [-0.2, 0) is 16.4 Å². The molecule has 4 N–H and O–H groups in total. The topological polar surface area (TPSA) is 158 Å². The zero-order valence-electron chi connectivity index (χ0n) is 17.5. The summed E-state index contributed by atoms with van der Waals surface area (Å²) in [7, 11) is -1.89. The second-order valence-electron chi connectivity index (χ2n) is 7.42. The highest BCUT2D eigenvalue weighted by atomic mass is 32.2. The van der Waals surface area contributed by atoms with Crippen molar-refractivity contribution < 1.29 is 13.3 Å². The zero-order valence-corrected chi connectivity index (χ0v) is 18.4. The molecule has 168 valence electrons. The van der Waals surface area contributed by atoms with E-state index in [9.17, 15) is 18.5 Å². The summed E-state index contributed by atoms with van der Waals surface area (Å²) in [5.41, 5.74) is 13.9. The Morgan fingerprint density at radius 3 is 2.15 bits per heavy atom. The smallest absolute Gasteiger partial charge is 0.269 e. The molecule has 11 heteroatoms. The Labute approximate surface area is 189 Å². The van der Waals surface area contributed by atoms with Crippen LogP contribution < -0.4 is 16.4 Å². The number of benzene rings is 3. The molecule has 0 saturated carbocycles. The second-order valence-corrected chi connectivity index (χ2v) is 9.37. The molecule has 4 rings (SSSR count). The van der Waals surface area contributed by atoms with Crippen molar-refractivity contribution in [2.24, 2.45) is 0 Å². The van der Waals surface area contributed by atoms with Gasteiger partial charge in [-0.2, -0.15) is 4.98 Å². The van der Waals surface area contributed by atoms with E-state index in [2.05, 4.69) is 9.97 Å². The predicted molar refractivity (Wildman–Crippen MR) is 125 cm³/mol. The van der Waals surface area contributed by atoms with E-state index in [1.165, 1.54) is 36.4 Å². The molecule has 0 aliphatic rings. The third kappa shape index (κ3) is 4.39. The van der Waals surface area contributed by atoms with Crippen molar-refractivity contribution in [2.45, 2.75) is 16.3 Å². The van der Waals surface area contributed by atoms with E-state index in [1.807, 2.05) is 30.1 Å². The van der Waals surface area contributed by atoms with E-state index in [4.69, 9.17) is 11.5 Å². The van der Waals surface area contributed by atoms with Crippen molar-refractivity contribution in [1.82, 2.24) is 9.97 Å². The molecular formula is C22H20N6O4S. The van der Waals surface area contributed by atoms with Crippen molar-refractivity contribution >= 4 is 43.9 Å². The lowest BCUT2D eigenvalue weighted by molar-refractivity contribution is -0.384. The highest BCUT2D eigenvalue weighted by Crippen LogP contribution is 2.27. The number of aromatic nitrogens is 2. The molecule has 0 amide bonds. The molecule has 1 heterocycles. The van der Waals surface area contributed by atoms with Crippen LogP contribution in [0.1, 0.15) is 5.56 Å². The van der Waals surface area contributed by atoms with Gasteiger partial charge in [0, 0.05) is 36.8 Å². The van der Waals surface area contributed by atoms with Crippen LogP contribution >= 0.6 is 0 Å². The van der Waals surface area contributed by atoms with Gasteiger partial charge in [0.2, 0.25) is 15.8 Å². The molecule has 0 atom stereocenters. The number of sulfone groups is 1. The van der Waals surface area contributed by atoms with Crippen molar-refractivity contribution in [1.29, 1.82) is 0 Å². The minimum Gasteiger partial charge on any atom is -0.383 e. The fourth-order valence-corrected chi connectivity index (χ4v) is 4.68. The normalized spacial score (nSPS) is 11.4.